The fraction of sp³-hybridized carbons (Fsp3) is 0.933. The molecule has 1 N–H and O–H groups in total. The Hall–Kier alpha value is -0.610. The number of nitrogens with zero attached hydrogens (tertiary/aromatic N) is 1. The molecule has 19 heavy (non-hydrogen) atoms. The van der Waals surface area contributed by atoms with Gasteiger partial charge in [0.2, 0.25) is 5.91 Å². The molecule has 2 bridgehead atoms. The number of amides is 1. The number of carbonyl (C=O) groups is 1. The van der Waals surface area contributed by atoms with E-state index < -0.39 is 0 Å². The summed E-state index contributed by atoms with van der Waals surface area (Å²) >= 11 is 0. The summed E-state index contributed by atoms with van der Waals surface area (Å²) in [5, 5.41) is 3.64. The predicted molar refractivity (Wildman–Crippen MR) is 73.9 cm³/mol. The first-order chi connectivity index (χ1) is 9.22. The molecule has 1 amide bonds. The lowest BCUT2D eigenvalue weighted by atomic mass is 9.97. The number of carbonyl (C=O) groups excluding carboxylic acids is 1. The third-order valence-electron chi connectivity index (χ3n) is 5.18. The van der Waals surface area contributed by atoms with Gasteiger partial charge in [0, 0.05) is 44.8 Å². The van der Waals surface area contributed by atoms with E-state index >= 15 is 0 Å². The minimum atomic E-state index is 0.332. The molecular formula is C15H26N2O2. The minimum absolute atomic E-state index is 0.332. The van der Waals surface area contributed by atoms with Crippen LogP contribution in [0.4, 0.5) is 0 Å². The van der Waals surface area contributed by atoms with Crippen LogP contribution in [0.25, 0.3) is 0 Å². The standard InChI is InChI=1S/C15H26N2O2/c1-17(14-8-12-3-4-13(9-14)16-12)15(18)5-2-11-6-7-19-10-11/h11-14,16H,2-10H2,1H3. The van der Waals surface area contributed by atoms with Crippen molar-refractivity contribution in [2.24, 2.45) is 5.92 Å². The van der Waals surface area contributed by atoms with Crippen molar-refractivity contribution in [2.45, 2.75) is 63.1 Å². The lowest BCUT2D eigenvalue weighted by molar-refractivity contribution is -0.133. The number of nitrogens with one attached hydrogen (secondary N) is 1. The molecule has 3 atom stereocenters. The highest BCUT2D eigenvalue weighted by Crippen LogP contribution is 2.29. The fourth-order valence-electron chi connectivity index (χ4n) is 3.86. The lowest BCUT2D eigenvalue weighted by Crippen LogP contribution is -2.48. The number of hydrogen-bond acceptors (Lipinski definition) is 3. The summed E-state index contributed by atoms with van der Waals surface area (Å²) in [6, 6.07) is 1.77. The first kappa shape index (κ1) is 13.4. The minimum Gasteiger partial charge on any atom is -0.381 e. The number of piperidine rings is 1. The molecule has 0 spiro atoms. The third kappa shape index (κ3) is 3.11. The van der Waals surface area contributed by atoms with Gasteiger partial charge in [-0.3, -0.25) is 4.79 Å². The average molecular weight is 266 g/mol. The van der Waals surface area contributed by atoms with Crippen LogP contribution in [0.2, 0.25) is 0 Å². The molecule has 0 radical (unpaired) electrons. The summed E-state index contributed by atoms with van der Waals surface area (Å²) in [6.45, 7) is 1.74. The molecule has 4 nitrogen and oxygen atoms in total. The second kappa shape index (κ2) is 5.80. The van der Waals surface area contributed by atoms with E-state index in [0.29, 0.717) is 36.4 Å². The smallest absolute Gasteiger partial charge is 0.222 e. The fourth-order valence-corrected chi connectivity index (χ4v) is 3.86. The van der Waals surface area contributed by atoms with Crippen molar-refractivity contribution in [1.82, 2.24) is 10.2 Å². The molecule has 4 heteroatoms. The van der Waals surface area contributed by atoms with Crippen molar-refractivity contribution < 1.29 is 9.53 Å². The van der Waals surface area contributed by atoms with E-state index in [9.17, 15) is 4.79 Å². The van der Waals surface area contributed by atoms with Gasteiger partial charge in [-0.25, -0.2) is 0 Å². The predicted octanol–water partition coefficient (Wildman–Crippen LogP) is 1.54. The largest absolute Gasteiger partial charge is 0.381 e. The molecule has 0 aliphatic carbocycles. The van der Waals surface area contributed by atoms with E-state index in [1.54, 1.807) is 0 Å². The Labute approximate surface area is 115 Å². The Kier molecular flexibility index (Phi) is 4.08. The van der Waals surface area contributed by atoms with Gasteiger partial charge in [-0.05, 0) is 44.4 Å². The Morgan fingerprint density at radius 2 is 2.00 bits per heavy atom. The zero-order valence-electron chi connectivity index (χ0n) is 11.9. The van der Waals surface area contributed by atoms with Gasteiger partial charge in [-0.2, -0.15) is 0 Å². The normalized spacial score (nSPS) is 37.5. The van der Waals surface area contributed by atoms with Gasteiger partial charge in [-0.15, -0.1) is 0 Å². The first-order valence-corrected chi connectivity index (χ1v) is 7.82. The van der Waals surface area contributed by atoms with Crippen molar-refractivity contribution in [1.29, 1.82) is 0 Å². The third-order valence-corrected chi connectivity index (χ3v) is 5.18. The molecule has 3 rings (SSSR count). The Morgan fingerprint density at radius 3 is 2.63 bits per heavy atom. The van der Waals surface area contributed by atoms with Gasteiger partial charge in [0.1, 0.15) is 0 Å². The van der Waals surface area contributed by atoms with E-state index in [1.165, 1.54) is 12.8 Å². The van der Waals surface area contributed by atoms with Crippen LogP contribution in [0.1, 0.15) is 44.9 Å². The highest BCUT2D eigenvalue weighted by Gasteiger charge is 2.36. The number of ether oxygens (including phenoxy) is 1. The summed E-state index contributed by atoms with van der Waals surface area (Å²) in [5.41, 5.74) is 0. The van der Waals surface area contributed by atoms with Crippen molar-refractivity contribution in [3.63, 3.8) is 0 Å². The summed E-state index contributed by atoms with van der Waals surface area (Å²) in [4.78, 5) is 14.3. The summed E-state index contributed by atoms with van der Waals surface area (Å²) in [6.07, 6.45) is 7.71. The molecule has 108 valence electrons. The molecule has 0 aromatic rings. The van der Waals surface area contributed by atoms with Crippen LogP contribution in [0.5, 0.6) is 0 Å². The molecule has 0 aromatic heterocycles. The molecule has 3 heterocycles. The average Bonchev–Trinajstić information content (AvgIpc) is 3.05. The molecular weight excluding hydrogens is 240 g/mol. The van der Waals surface area contributed by atoms with E-state index in [0.717, 1.165) is 38.9 Å². The van der Waals surface area contributed by atoms with Crippen LogP contribution in [0.3, 0.4) is 0 Å². The molecule has 3 fully saturated rings. The van der Waals surface area contributed by atoms with Crippen molar-refractivity contribution in [3.8, 4) is 0 Å². The summed E-state index contributed by atoms with van der Waals surface area (Å²) in [5.74, 6) is 0.944. The van der Waals surface area contributed by atoms with Crippen LogP contribution >= 0.6 is 0 Å². The summed E-state index contributed by atoms with van der Waals surface area (Å²) in [7, 11) is 2.00. The van der Waals surface area contributed by atoms with E-state index in [-0.39, 0.29) is 0 Å². The maximum atomic E-state index is 12.3. The molecule has 0 aromatic carbocycles. The molecule has 3 saturated heterocycles. The van der Waals surface area contributed by atoms with Gasteiger partial charge < -0.3 is 15.0 Å². The zero-order valence-corrected chi connectivity index (χ0v) is 11.9. The maximum absolute atomic E-state index is 12.3. The Bertz CT molecular complexity index is 316. The lowest BCUT2D eigenvalue weighted by Gasteiger charge is -2.35. The molecule has 3 unspecified atom stereocenters. The van der Waals surface area contributed by atoms with Gasteiger partial charge in [0.05, 0.1) is 0 Å². The van der Waals surface area contributed by atoms with Crippen LogP contribution in [-0.4, -0.2) is 49.2 Å². The van der Waals surface area contributed by atoms with Crippen LogP contribution in [-0.2, 0) is 9.53 Å². The molecule has 0 saturated carbocycles. The second-order valence-electron chi connectivity index (χ2n) is 6.54. The van der Waals surface area contributed by atoms with Crippen LogP contribution in [0.15, 0.2) is 0 Å². The van der Waals surface area contributed by atoms with E-state index in [4.69, 9.17) is 4.74 Å². The van der Waals surface area contributed by atoms with Gasteiger partial charge >= 0.3 is 0 Å². The van der Waals surface area contributed by atoms with Crippen molar-refractivity contribution in [3.05, 3.63) is 0 Å². The molecule has 3 aliphatic rings. The van der Waals surface area contributed by atoms with Gasteiger partial charge in [0.15, 0.2) is 0 Å². The van der Waals surface area contributed by atoms with E-state index in [2.05, 4.69) is 5.32 Å². The Morgan fingerprint density at radius 1 is 1.26 bits per heavy atom. The monoisotopic (exact) mass is 266 g/mol. The number of rotatable bonds is 4. The van der Waals surface area contributed by atoms with Crippen LogP contribution in [0, 0.1) is 5.92 Å². The highest BCUT2D eigenvalue weighted by molar-refractivity contribution is 5.76. The summed E-state index contributed by atoms with van der Waals surface area (Å²) < 4.78 is 5.37. The SMILES string of the molecule is CN(C(=O)CCC1CCOC1)C1CC2CCC(C1)N2. The first-order valence-electron chi connectivity index (χ1n) is 7.82. The number of hydrogen-bond donors (Lipinski definition) is 1. The topological polar surface area (TPSA) is 41.6 Å². The Balaban J connectivity index is 1.46. The number of fused-ring (bicyclic) bond motifs is 2. The van der Waals surface area contributed by atoms with Gasteiger partial charge in [0.25, 0.3) is 0 Å². The molecule has 3 aliphatic heterocycles. The zero-order chi connectivity index (χ0) is 13.2. The van der Waals surface area contributed by atoms with E-state index in [1.807, 2.05) is 11.9 Å². The van der Waals surface area contributed by atoms with Gasteiger partial charge in [-0.1, -0.05) is 0 Å². The van der Waals surface area contributed by atoms with Crippen molar-refractivity contribution in [2.75, 3.05) is 20.3 Å². The van der Waals surface area contributed by atoms with Crippen molar-refractivity contribution >= 4 is 5.91 Å². The second-order valence-corrected chi connectivity index (χ2v) is 6.54. The quantitative estimate of drug-likeness (QED) is 0.839. The highest BCUT2D eigenvalue weighted by atomic mass is 16.5. The maximum Gasteiger partial charge on any atom is 0.222 e. The van der Waals surface area contributed by atoms with Crippen LogP contribution < -0.4 is 5.32 Å².